The predicted molar refractivity (Wildman–Crippen MR) is 150 cm³/mol. The van der Waals surface area contributed by atoms with Gasteiger partial charge in [-0.25, -0.2) is 0 Å². The number of rotatable bonds is 6. The van der Waals surface area contributed by atoms with Gasteiger partial charge in [-0.15, -0.1) is 0 Å². The first-order valence-electron chi connectivity index (χ1n) is 13.0. The summed E-state index contributed by atoms with van der Waals surface area (Å²) in [6, 6.07) is 14.9. The van der Waals surface area contributed by atoms with Crippen molar-refractivity contribution in [3.05, 3.63) is 48.5 Å². The predicted octanol–water partition coefficient (Wildman–Crippen LogP) is 8.51. The van der Waals surface area contributed by atoms with E-state index in [-0.39, 0.29) is 27.1 Å². The number of hydrogen-bond donors (Lipinski definition) is 2. The van der Waals surface area contributed by atoms with Gasteiger partial charge in [0.2, 0.25) is 11.8 Å². The van der Waals surface area contributed by atoms with Crippen LogP contribution in [0.5, 0.6) is 0 Å². The zero-order valence-electron chi connectivity index (χ0n) is 21.2. The Balaban J connectivity index is 1.42. The van der Waals surface area contributed by atoms with Crippen LogP contribution >= 0.6 is 23.5 Å². The van der Waals surface area contributed by atoms with Crippen molar-refractivity contribution in [2.45, 2.75) is 87.8 Å². The van der Waals surface area contributed by atoms with Gasteiger partial charge in [0.25, 0.3) is 4.45 Å². The van der Waals surface area contributed by atoms with Gasteiger partial charge in [-0.3, -0.25) is 14.4 Å². The normalized spacial score (nSPS) is 18.7. The Kier molecular flexibility index (Phi) is 8.83. The Morgan fingerprint density at radius 2 is 0.972 bits per heavy atom. The summed E-state index contributed by atoms with van der Waals surface area (Å²) < 4.78 is -0.119. The lowest BCUT2D eigenvalue weighted by molar-refractivity contribution is -0.127. The van der Waals surface area contributed by atoms with Crippen molar-refractivity contribution in [1.82, 2.24) is 0 Å². The van der Waals surface area contributed by atoms with E-state index in [1.54, 1.807) is 0 Å². The summed E-state index contributed by atoms with van der Waals surface area (Å²) in [5.41, 5.74) is 0.613. The van der Waals surface area contributed by atoms with Gasteiger partial charge in [-0.05, 0) is 73.5 Å². The van der Waals surface area contributed by atoms with Crippen molar-refractivity contribution in [3.63, 3.8) is 0 Å². The third-order valence-corrected chi connectivity index (χ3v) is 9.65. The lowest BCUT2D eigenvalue weighted by Crippen LogP contribution is -2.35. The molecule has 0 spiro atoms. The summed E-state index contributed by atoms with van der Waals surface area (Å²) in [4.78, 5) is 40.7. The van der Waals surface area contributed by atoms with Crippen molar-refractivity contribution in [2.24, 2.45) is 10.8 Å². The van der Waals surface area contributed by atoms with Gasteiger partial charge in [0.15, 0.2) is 0 Å². The molecular weight excluding hydrogens is 488 g/mol. The van der Waals surface area contributed by atoms with Gasteiger partial charge in [0.1, 0.15) is 0 Å². The number of carbonyl (C=O) groups excluding carboxylic acids is 3. The van der Waals surface area contributed by atoms with Gasteiger partial charge < -0.3 is 10.6 Å². The first-order chi connectivity index (χ1) is 17.3. The number of hydrogen-bond acceptors (Lipinski definition) is 5. The van der Waals surface area contributed by atoms with Crippen LogP contribution in [0.15, 0.2) is 58.3 Å². The maximum absolute atomic E-state index is 13.1. The fraction of sp³-hybridized carbons (Fsp3) is 0.483. The highest BCUT2D eigenvalue weighted by atomic mass is 32.2. The molecule has 0 bridgehead atoms. The molecule has 0 atom stereocenters. The highest BCUT2D eigenvalue weighted by molar-refractivity contribution is 8.38. The molecule has 2 aromatic rings. The molecule has 2 amide bonds. The molecule has 0 unspecified atom stereocenters. The quantitative estimate of drug-likeness (QED) is 0.370. The second-order valence-corrected chi connectivity index (χ2v) is 12.9. The molecular formula is C29H36N2O3S2. The summed E-state index contributed by atoms with van der Waals surface area (Å²) in [7, 11) is 0. The smallest absolute Gasteiger partial charge is 0.255 e. The second-order valence-electron chi connectivity index (χ2n) is 10.6. The number of carbonyl (C=O) groups is 3. The molecule has 5 nitrogen and oxygen atoms in total. The first-order valence-corrected chi connectivity index (χ1v) is 14.6. The molecule has 7 heteroatoms. The lowest BCUT2D eigenvalue weighted by Gasteiger charge is -2.32. The first kappa shape index (κ1) is 26.8. The molecule has 2 aliphatic rings. The van der Waals surface area contributed by atoms with Crippen molar-refractivity contribution in [2.75, 3.05) is 10.6 Å². The monoisotopic (exact) mass is 524 g/mol. The van der Waals surface area contributed by atoms with Gasteiger partial charge in [-0.1, -0.05) is 76.6 Å². The molecule has 0 aliphatic heterocycles. The SMILES string of the molecule is CC1(C(=O)Nc2ccccc2SC(=O)Sc2ccccc2NC(=O)C2(C)CCCCC2)CCCCC1. The van der Waals surface area contributed by atoms with Crippen LogP contribution in [-0.2, 0) is 9.59 Å². The minimum Gasteiger partial charge on any atom is -0.325 e. The highest BCUT2D eigenvalue weighted by Gasteiger charge is 2.36. The summed E-state index contributed by atoms with van der Waals surface area (Å²) in [5.74, 6) is 0.0548. The van der Waals surface area contributed by atoms with Crippen molar-refractivity contribution < 1.29 is 14.4 Å². The fourth-order valence-electron chi connectivity index (χ4n) is 5.18. The van der Waals surface area contributed by atoms with Gasteiger partial charge >= 0.3 is 0 Å². The van der Waals surface area contributed by atoms with Crippen LogP contribution in [0.4, 0.5) is 16.2 Å². The third kappa shape index (κ3) is 6.54. The van der Waals surface area contributed by atoms with Gasteiger partial charge in [-0.2, -0.15) is 0 Å². The van der Waals surface area contributed by atoms with E-state index in [0.717, 1.165) is 84.7 Å². The van der Waals surface area contributed by atoms with E-state index in [0.29, 0.717) is 11.4 Å². The average molecular weight is 525 g/mol. The number of nitrogens with one attached hydrogen (secondary N) is 2. The Morgan fingerprint density at radius 3 is 1.36 bits per heavy atom. The molecule has 0 radical (unpaired) electrons. The van der Waals surface area contributed by atoms with Crippen LogP contribution < -0.4 is 10.6 Å². The van der Waals surface area contributed by atoms with Crippen LogP contribution in [0, 0.1) is 10.8 Å². The zero-order valence-corrected chi connectivity index (χ0v) is 22.9. The Bertz CT molecular complexity index is 1020. The Morgan fingerprint density at radius 1 is 0.611 bits per heavy atom. The van der Waals surface area contributed by atoms with Gasteiger partial charge in [0, 0.05) is 20.6 Å². The van der Waals surface area contributed by atoms with Crippen LogP contribution in [0.1, 0.15) is 78.1 Å². The average Bonchev–Trinajstić information content (AvgIpc) is 2.87. The molecule has 0 heterocycles. The maximum Gasteiger partial charge on any atom is 0.255 e. The van der Waals surface area contributed by atoms with Crippen LogP contribution in [0.2, 0.25) is 0 Å². The van der Waals surface area contributed by atoms with Crippen LogP contribution in [0.3, 0.4) is 0 Å². The topological polar surface area (TPSA) is 75.3 Å². The summed E-state index contributed by atoms with van der Waals surface area (Å²) in [6.45, 7) is 4.08. The molecule has 2 aliphatic carbocycles. The standard InChI is InChI=1S/C29H36N2O3S2/c1-28(17-9-3-10-18-28)25(32)30-21-13-5-7-15-23(21)35-27(34)36-24-16-8-6-14-22(24)31-26(33)29(2)19-11-4-12-20-29/h5-8,13-16H,3-4,9-12,17-20H2,1-2H3,(H,30,32)(H,31,33). The molecule has 2 fully saturated rings. The third-order valence-electron chi connectivity index (χ3n) is 7.67. The molecule has 192 valence electrons. The number of para-hydroxylation sites is 2. The molecule has 2 N–H and O–H groups in total. The van der Waals surface area contributed by atoms with Crippen molar-refractivity contribution in [1.29, 1.82) is 0 Å². The Labute approximate surface area is 223 Å². The summed E-state index contributed by atoms with van der Waals surface area (Å²) >= 11 is 2.21. The van der Waals surface area contributed by atoms with Crippen LogP contribution in [-0.4, -0.2) is 16.3 Å². The van der Waals surface area contributed by atoms with E-state index in [9.17, 15) is 14.4 Å². The lowest BCUT2D eigenvalue weighted by atomic mass is 9.75. The molecule has 2 saturated carbocycles. The fourth-order valence-corrected chi connectivity index (χ4v) is 7.00. The van der Waals surface area contributed by atoms with E-state index in [4.69, 9.17) is 0 Å². The summed E-state index contributed by atoms with van der Waals surface area (Å²) in [5, 5.41) is 6.18. The maximum atomic E-state index is 13.1. The van der Waals surface area contributed by atoms with Gasteiger partial charge in [0.05, 0.1) is 11.4 Å². The van der Waals surface area contributed by atoms with E-state index in [1.807, 2.05) is 62.4 Å². The zero-order chi connectivity index (χ0) is 25.6. The molecule has 2 aromatic carbocycles. The minimum absolute atomic E-state index is 0.0274. The second kappa shape index (κ2) is 11.9. The van der Waals surface area contributed by atoms with Crippen LogP contribution in [0.25, 0.3) is 0 Å². The molecule has 36 heavy (non-hydrogen) atoms. The number of amides is 2. The van der Waals surface area contributed by atoms with E-state index < -0.39 is 0 Å². The highest BCUT2D eigenvalue weighted by Crippen LogP contribution is 2.41. The number of thioether (sulfide) groups is 2. The molecule has 0 saturated heterocycles. The molecule has 0 aromatic heterocycles. The van der Waals surface area contributed by atoms with E-state index in [1.165, 1.54) is 12.8 Å². The van der Waals surface area contributed by atoms with E-state index >= 15 is 0 Å². The van der Waals surface area contributed by atoms with Crippen molar-refractivity contribution in [3.8, 4) is 0 Å². The number of anilines is 2. The number of benzene rings is 2. The van der Waals surface area contributed by atoms with E-state index in [2.05, 4.69) is 10.6 Å². The minimum atomic E-state index is -0.360. The Hall–Kier alpha value is -2.25. The largest absolute Gasteiger partial charge is 0.325 e. The molecule has 4 rings (SSSR count). The van der Waals surface area contributed by atoms with Crippen molar-refractivity contribution >= 4 is 51.2 Å². The summed E-state index contributed by atoms with van der Waals surface area (Å²) in [6.07, 6.45) is 10.2.